The summed E-state index contributed by atoms with van der Waals surface area (Å²) in [5, 5.41) is 2.85. The summed E-state index contributed by atoms with van der Waals surface area (Å²) in [6.07, 6.45) is 6.42. The molecule has 0 spiro atoms. The molecule has 194 valence electrons. The van der Waals surface area contributed by atoms with E-state index in [0.29, 0.717) is 5.70 Å². The largest absolute Gasteiger partial charge is 0.431 e. The van der Waals surface area contributed by atoms with E-state index in [0.717, 1.165) is 25.0 Å². The number of hydrogen-bond donors (Lipinski definition) is 2. The first kappa shape index (κ1) is 25.5. The van der Waals surface area contributed by atoms with Gasteiger partial charge in [0.2, 0.25) is 17.7 Å². The highest BCUT2D eigenvalue weighted by molar-refractivity contribution is 5.90. The van der Waals surface area contributed by atoms with Crippen LogP contribution in [0.15, 0.2) is 42.1 Å². The third-order valence-corrected chi connectivity index (χ3v) is 6.54. The smallest absolute Gasteiger partial charge is 0.387 e. The van der Waals surface area contributed by atoms with E-state index in [9.17, 15) is 31.9 Å². The predicted octanol–water partition coefficient (Wildman–Crippen LogP) is 3.25. The molecule has 4 rings (SSSR count). The Balaban J connectivity index is 1.67. The lowest BCUT2D eigenvalue weighted by Gasteiger charge is -2.30. The minimum absolute atomic E-state index is 0.0829. The van der Waals surface area contributed by atoms with Gasteiger partial charge < -0.3 is 25.4 Å². The van der Waals surface area contributed by atoms with Crippen molar-refractivity contribution in [2.75, 3.05) is 6.54 Å². The van der Waals surface area contributed by atoms with Crippen molar-refractivity contribution in [3.8, 4) is 11.5 Å². The van der Waals surface area contributed by atoms with Gasteiger partial charge in [-0.25, -0.2) is 0 Å². The SMILES string of the molecule is CC12C=CC=C(NC(=O)C3CC3)C1C(=O)N(C(CC(N)=O)c1ccc(OC(F)F)c(OC(F)F)c1)C2. The molecule has 0 aromatic heterocycles. The van der Waals surface area contributed by atoms with Crippen molar-refractivity contribution in [1.82, 2.24) is 10.2 Å². The van der Waals surface area contributed by atoms with Crippen molar-refractivity contribution in [2.24, 2.45) is 23.0 Å². The Labute approximate surface area is 204 Å². The van der Waals surface area contributed by atoms with Crippen molar-refractivity contribution >= 4 is 17.7 Å². The molecular weight excluding hydrogens is 486 g/mol. The number of nitrogens with zero attached hydrogens (tertiary/aromatic N) is 1. The molecule has 36 heavy (non-hydrogen) atoms. The number of nitrogens with two attached hydrogens (primary N) is 1. The van der Waals surface area contributed by atoms with Gasteiger partial charge in [-0.15, -0.1) is 0 Å². The number of amides is 3. The van der Waals surface area contributed by atoms with Crippen LogP contribution >= 0.6 is 0 Å². The number of carbonyl (C=O) groups is 3. The van der Waals surface area contributed by atoms with Crippen LogP contribution in [0.2, 0.25) is 0 Å². The number of allylic oxidation sites excluding steroid dienone is 2. The summed E-state index contributed by atoms with van der Waals surface area (Å²) in [5.41, 5.74) is 5.30. The Morgan fingerprint density at radius 3 is 2.44 bits per heavy atom. The Morgan fingerprint density at radius 2 is 1.83 bits per heavy atom. The highest BCUT2D eigenvalue weighted by atomic mass is 19.3. The van der Waals surface area contributed by atoms with E-state index >= 15 is 0 Å². The predicted molar refractivity (Wildman–Crippen MR) is 118 cm³/mol. The zero-order chi connectivity index (χ0) is 26.2. The minimum Gasteiger partial charge on any atom is -0.431 e. The molecule has 2 fully saturated rings. The van der Waals surface area contributed by atoms with Gasteiger partial charge in [0.05, 0.1) is 18.4 Å². The topological polar surface area (TPSA) is 111 Å². The van der Waals surface area contributed by atoms with Crippen molar-refractivity contribution in [3.05, 3.63) is 47.7 Å². The van der Waals surface area contributed by atoms with Crippen molar-refractivity contribution in [1.29, 1.82) is 0 Å². The standard InChI is InChI=1S/C24H25F4N3O5/c1-24-8-2-3-14(30-20(33)12-4-5-12)19(24)21(34)31(11-24)15(10-18(29)32)13-6-7-16(35-22(25)26)17(9-13)36-23(27)28/h2-3,6-9,12,15,19,22-23H,4-5,10-11H2,1H3,(H2,29,32)(H,30,33). The molecule has 3 amide bonds. The summed E-state index contributed by atoms with van der Waals surface area (Å²) in [6.45, 7) is -4.67. The van der Waals surface area contributed by atoms with Gasteiger partial charge in [0.1, 0.15) is 0 Å². The second kappa shape index (κ2) is 9.82. The number of likely N-dealkylation sites (tertiary alicyclic amines) is 1. The van der Waals surface area contributed by atoms with Crippen LogP contribution in [-0.4, -0.2) is 42.4 Å². The van der Waals surface area contributed by atoms with Gasteiger partial charge in [-0.3, -0.25) is 14.4 Å². The molecule has 3 aliphatic rings. The van der Waals surface area contributed by atoms with Gasteiger partial charge >= 0.3 is 13.2 Å². The summed E-state index contributed by atoms with van der Waals surface area (Å²) in [5.74, 6) is -3.48. The molecule has 1 heterocycles. The summed E-state index contributed by atoms with van der Waals surface area (Å²) < 4.78 is 60.0. The lowest BCUT2D eigenvalue weighted by atomic mass is 9.75. The van der Waals surface area contributed by atoms with Crippen LogP contribution in [0.3, 0.4) is 0 Å². The van der Waals surface area contributed by atoms with Crippen LogP contribution in [0.1, 0.15) is 37.8 Å². The van der Waals surface area contributed by atoms with Gasteiger partial charge in [0, 0.05) is 23.6 Å². The van der Waals surface area contributed by atoms with Crippen LogP contribution in [0, 0.1) is 17.3 Å². The van der Waals surface area contributed by atoms with Crippen LogP contribution < -0.4 is 20.5 Å². The Kier molecular flexibility index (Phi) is 6.96. The second-order valence-electron chi connectivity index (χ2n) is 9.30. The second-order valence-corrected chi connectivity index (χ2v) is 9.30. The van der Waals surface area contributed by atoms with E-state index in [-0.39, 0.29) is 30.4 Å². The molecule has 3 N–H and O–H groups in total. The molecule has 12 heteroatoms. The normalized spacial score (nSPS) is 24.0. The monoisotopic (exact) mass is 511 g/mol. The Hall–Kier alpha value is -3.57. The Bertz CT molecular complexity index is 1120. The summed E-state index contributed by atoms with van der Waals surface area (Å²) in [7, 11) is 0. The van der Waals surface area contributed by atoms with Gasteiger partial charge in [0.15, 0.2) is 11.5 Å². The van der Waals surface area contributed by atoms with E-state index in [4.69, 9.17) is 5.73 Å². The lowest BCUT2D eigenvalue weighted by molar-refractivity contribution is -0.133. The van der Waals surface area contributed by atoms with Gasteiger partial charge in [-0.2, -0.15) is 17.6 Å². The van der Waals surface area contributed by atoms with Crippen LogP contribution in [0.5, 0.6) is 11.5 Å². The van der Waals surface area contributed by atoms with Crippen LogP contribution in [0.25, 0.3) is 0 Å². The fourth-order valence-electron chi connectivity index (χ4n) is 4.77. The molecule has 2 aliphatic carbocycles. The van der Waals surface area contributed by atoms with Gasteiger partial charge in [0.25, 0.3) is 0 Å². The maximum absolute atomic E-state index is 13.7. The number of fused-ring (bicyclic) bond motifs is 1. The number of hydrogen-bond acceptors (Lipinski definition) is 5. The first-order valence-corrected chi connectivity index (χ1v) is 11.3. The van der Waals surface area contributed by atoms with E-state index in [1.54, 1.807) is 12.2 Å². The number of primary amides is 1. The first-order valence-electron chi connectivity index (χ1n) is 11.3. The minimum atomic E-state index is -3.34. The first-order chi connectivity index (χ1) is 17.0. The highest BCUT2D eigenvalue weighted by Crippen LogP contribution is 2.48. The number of nitrogens with one attached hydrogen (secondary N) is 1. The fraction of sp³-hybridized carbons (Fsp3) is 0.458. The van der Waals surface area contributed by atoms with Crippen molar-refractivity contribution in [2.45, 2.75) is 45.5 Å². The zero-order valence-electron chi connectivity index (χ0n) is 19.3. The summed E-state index contributed by atoms with van der Waals surface area (Å²) >= 11 is 0. The van der Waals surface area contributed by atoms with E-state index in [1.165, 1.54) is 11.0 Å². The molecule has 1 aromatic carbocycles. The number of rotatable bonds is 10. The molecule has 3 atom stereocenters. The highest BCUT2D eigenvalue weighted by Gasteiger charge is 2.53. The molecule has 0 radical (unpaired) electrons. The molecule has 1 aromatic rings. The molecule has 8 nitrogen and oxygen atoms in total. The van der Waals surface area contributed by atoms with E-state index < -0.39 is 53.9 Å². The molecule has 1 saturated heterocycles. The molecule has 3 unspecified atom stereocenters. The molecule has 1 aliphatic heterocycles. The number of alkyl halides is 4. The number of carbonyl (C=O) groups excluding carboxylic acids is 3. The van der Waals surface area contributed by atoms with Crippen LogP contribution in [-0.2, 0) is 14.4 Å². The number of ether oxygens (including phenoxy) is 2. The third kappa shape index (κ3) is 5.31. The van der Waals surface area contributed by atoms with E-state index in [2.05, 4.69) is 14.8 Å². The van der Waals surface area contributed by atoms with Crippen molar-refractivity contribution in [3.63, 3.8) is 0 Å². The Morgan fingerprint density at radius 1 is 1.17 bits per heavy atom. The summed E-state index contributed by atoms with van der Waals surface area (Å²) in [4.78, 5) is 39.4. The summed E-state index contributed by atoms with van der Waals surface area (Å²) in [6, 6.07) is 2.30. The van der Waals surface area contributed by atoms with Gasteiger partial charge in [-0.05, 0) is 36.6 Å². The molecular formula is C24H25F4N3O5. The van der Waals surface area contributed by atoms with Crippen molar-refractivity contribution < 1.29 is 41.4 Å². The maximum Gasteiger partial charge on any atom is 0.387 e. The fourth-order valence-corrected chi connectivity index (χ4v) is 4.77. The third-order valence-electron chi connectivity index (χ3n) is 6.54. The maximum atomic E-state index is 13.7. The quantitative estimate of drug-likeness (QED) is 0.469. The lowest BCUT2D eigenvalue weighted by Crippen LogP contribution is -2.38. The molecule has 0 bridgehead atoms. The van der Waals surface area contributed by atoms with Crippen LogP contribution in [0.4, 0.5) is 17.6 Å². The zero-order valence-corrected chi connectivity index (χ0v) is 19.3. The van der Waals surface area contributed by atoms with E-state index in [1.807, 2.05) is 13.0 Å². The number of benzene rings is 1. The average Bonchev–Trinajstić information content (AvgIpc) is 3.58. The number of halogens is 4. The molecule has 1 saturated carbocycles. The van der Waals surface area contributed by atoms with Gasteiger partial charge in [-0.1, -0.05) is 25.1 Å². The average molecular weight is 511 g/mol.